The average molecular weight is 206 g/mol. The van der Waals surface area contributed by atoms with Gasteiger partial charge < -0.3 is 15.8 Å². The minimum Gasteiger partial charge on any atom is -0.493 e. The van der Waals surface area contributed by atoms with E-state index in [1.54, 1.807) is 0 Å². The molecule has 0 amide bonds. The standard InChI is InChI=1S/C12H18N2O/c13-10-3-1-4-12(9-10)15-8-2-7-14-11-5-6-11/h1,3-4,9,11,14H,2,5-8,13H2. The van der Waals surface area contributed by atoms with Gasteiger partial charge in [0.1, 0.15) is 5.75 Å². The highest BCUT2D eigenvalue weighted by Crippen LogP contribution is 2.18. The van der Waals surface area contributed by atoms with Crippen molar-refractivity contribution in [2.24, 2.45) is 0 Å². The highest BCUT2D eigenvalue weighted by molar-refractivity contribution is 5.43. The topological polar surface area (TPSA) is 47.3 Å². The molecule has 82 valence electrons. The van der Waals surface area contributed by atoms with Crippen LogP contribution in [0.1, 0.15) is 19.3 Å². The van der Waals surface area contributed by atoms with Gasteiger partial charge in [-0.25, -0.2) is 0 Å². The zero-order chi connectivity index (χ0) is 10.5. The van der Waals surface area contributed by atoms with Gasteiger partial charge in [-0.3, -0.25) is 0 Å². The number of anilines is 1. The Hall–Kier alpha value is -1.22. The Morgan fingerprint density at radius 3 is 3.00 bits per heavy atom. The second-order valence-electron chi connectivity index (χ2n) is 4.00. The van der Waals surface area contributed by atoms with Crippen molar-refractivity contribution < 1.29 is 4.74 Å². The predicted molar refractivity (Wildman–Crippen MR) is 62.0 cm³/mol. The van der Waals surface area contributed by atoms with Gasteiger partial charge in [-0.2, -0.15) is 0 Å². The van der Waals surface area contributed by atoms with E-state index in [2.05, 4.69) is 5.32 Å². The van der Waals surface area contributed by atoms with Gasteiger partial charge in [0.15, 0.2) is 0 Å². The lowest BCUT2D eigenvalue weighted by Gasteiger charge is -2.07. The second-order valence-corrected chi connectivity index (χ2v) is 4.00. The quantitative estimate of drug-likeness (QED) is 0.551. The highest BCUT2D eigenvalue weighted by atomic mass is 16.5. The Balaban J connectivity index is 1.60. The molecule has 0 aromatic heterocycles. The molecule has 2 rings (SSSR count). The lowest BCUT2D eigenvalue weighted by atomic mass is 10.3. The number of ether oxygens (including phenoxy) is 1. The van der Waals surface area contributed by atoms with E-state index >= 15 is 0 Å². The van der Waals surface area contributed by atoms with Crippen molar-refractivity contribution in [3.63, 3.8) is 0 Å². The van der Waals surface area contributed by atoms with E-state index in [-0.39, 0.29) is 0 Å². The summed E-state index contributed by atoms with van der Waals surface area (Å²) in [5.74, 6) is 0.862. The Morgan fingerprint density at radius 1 is 1.40 bits per heavy atom. The zero-order valence-electron chi connectivity index (χ0n) is 8.91. The van der Waals surface area contributed by atoms with Crippen LogP contribution in [0.5, 0.6) is 5.75 Å². The molecule has 1 aromatic rings. The normalized spacial score (nSPS) is 15.2. The van der Waals surface area contributed by atoms with Crippen LogP contribution < -0.4 is 15.8 Å². The fraction of sp³-hybridized carbons (Fsp3) is 0.500. The molecule has 0 heterocycles. The fourth-order valence-electron chi connectivity index (χ4n) is 1.46. The Morgan fingerprint density at radius 2 is 2.27 bits per heavy atom. The van der Waals surface area contributed by atoms with Gasteiger partial charge in [0, 0.05) is 17.8 Å². The van der Waals surface area contributed by atoms with Gasteiger partial charge in [-0.1, -0.05) is 6.07 Å². The van der Waals surface area contributed by atoms with Crippen LogP contribution in [0.2, 0.25) is 0 Å². The van der Waals surface area contributed by atoms with E-state index in [4.69, 9.17) is 10.5 Å². The van der Waals surface area contributed by atoms with E-state index in [1.807, 2.05) is 24.3 Å². The third-order valence-corrected chi connectivity index (χ3v) is 2.46. The minimum atomic E-state index is 0.753. The predicted octanol–water partition coefficient (Wildman–Crippen LogP) is 1.79. The van der Waals surface area contributed by atoms with E-state index in [9.17, 15) is 0 Å². The molecule has 3 heteroatoms. The summed E-state index contributed by atoms with van der Waals surface area (Å²) in [6.07, 6.45) is 3.73. The summed E-state index contributed by atoms with van der Waals surface area (Å²) in [5, 5.41) is 3.45. The van der Waals surface area contributed by atoms with Crippen molar-refractivity contribution in [3.05, 3.63) is 24.3 Å². The molecule has 1 aliphatic carbocycles. The van der Waals surface area contributed by atoms with Crippen molar-refractivity contribution in [1.82, 2.24) is 5.32 Å². The third kappa shape index (κ3) is 3.80. The first kappa shape index (κ1) is 10.3. The number of hydrogen-bond donors (Lipinski definition) is 2. The van der Waals surface area contributed by atoms with E-state index in [1.165, 1.54) is 12.8 Å². The molecule has 15 heavy (non-hydrogen) atoms. The molecule has 1 saturated carbocycles. The molecule has 3 N–H and O–H groups in total. The molecule has 0 aliphatic heterocycles. The summed E-state index contributed by atoms with van der Waals surface area (Å²) in [5.41, 5.74) is 6.40. The smallest absolute Gasteiger partial charge is 0.121 e. The van der Waals surface area contributed by atoms with E-state index in [0.717, 1.165) is 37.1 Å². The van der Waals surface area contributed by atoms with Crippen LogP contribution in [0.3, 0.4) is 0 Å². The van der Waals surface area contributed by atoms with Crippen molar-refractivity contribution >= 4 is 5.69 Å². The number of hydrogen-bond acceptors (Lipinski definition) is 3. The molecule has 0 saturated heterocycles. The summed E-state index contributed by atoms with van der Waals surface area (Å²) < 4.78 is 5.57. The maximum absolute atomic E-state index is 5.64. The van der Waals surface area contributed by atoms with Gasteiger partial charge >= 0.3 is 0 Å². The summed E-state index contributed by atoms with van der Waals surface area (Å²) in [6.45, 7) is 1.80. The van der Waals surface area contributed by atoms with Crippen LogP contribution in [0.15, 0.2) is 24.3 Å². The van der Waals surface area contributed by atoms with Gasteiger partial charge in [-0.15, -0.1) is 0 Å². The van der Waals surface area contributed by atoms with Crippen LogP contribution in [0, 0.1) is 0 Å². The Bertz CT molecular complexity index is 310. The van der Waals surface area contributed by atoms with Crippen molar-refractivity contribution in [2.45, 2.75) is 25.3 Å². The third-order valence-electron chi connectivity index (χ3n) is 2.46. The number of nitrogens with one attached hydrogen (secondary N) is 1. The Kier molecular flexibility index (Phi) is 3.45. The minimum absolute atomic E-state index is 0.753. The van der Waals surface area contributed by atoms with Crippen LogP contribution in [0.25, 0.3) is 0 Å². The maximum Gasteiger partial charge on any atom is 0.121 e. The summed E-state index contributed by atoms with van der Waals surface area (Å²) in [4.78, 5) is 0. The van der Waals surface area contributed by atoms with Gasteiger partial charge in [0.05, 0.1) is 6.61 Å². The molecule has 0 unspecified atom stereocenters. The molecule has 3 nitrogen and oxygen atoms in total. The number of rotatable bonds is 6. The van der Waals surface area contributed by atoms with Gasteiger partial charge in [-0.05, 0) is 37.9 Å². The average Bonchev–Trinajstić information content (AvgIpc) is 3.01. The summed E-state index contributed by atoms with van der Waals surface area (Å²) in [7, 11) is 0. The molecule has 1 aromatic carbocycles. The van der Waals surface area contributed by atoms with Crippen LogP contribution in [-0.2, 0) is 0 Å². The zero-order valence-corrected chi connectivity index (χ0v) is 8.91. The largest absolute Gasteiger partial charge is 0.493 e. The molecule has 0 radical (unpaired) electrons. The van der Waals surface area contributed by atoms with Gasteiger partial charge in [0.25, 0.3) is 0 Å². The van der Waals surface area contributed by atoms with Crippen molar-refractivity contribution in [1.29, 1.82) is 0 Å². The first-order valence-corrected chi connectivity index (χ1v) is 5.56. The molecule has 0 atom stereocenters. The Labute approximate surface area is 90.6 Å². The van der Waals surface area contributed by atoms with Crippen molar-refractivity contribution in [3.8, 4) is 5.75 Å². The van der Waals surface area contributed by atoms with Crippen LogP contribution >= 0.6 is 0 Å². The lowest BCUT2D eigenvalue weighted by Crippen LogP contribution is -2.19. The summed E-state index contributed by atoms with van der Waals surface area (Å²) in [6, 6.07) is 8.35. The molecule has 0 spiro atoms. The van der Waals surface area contributed by atoms with Gasteiger partial charge in [0.2, 0.25) is 0 Å². The van der Waals surface area contributed by atoms with Crippen LogP contribution in [-0.4, -0.2) is 19.2 Å². The SMILES string of the molecule is Nc1cccc(OCCCNC2CC2)c1. The molecule has 1 aliphatic rings. The molecular weight excluding hydrogens is 188 g/mol. The second kappa shape index (κ2) is 5.03. The van der Waals surface area contributed by atoms with Crippen LogP contribution in [0.4, 0.5) is 5.69 Å². The maximum atomic E-state index is 5.64. The van der Waals surface area contributed by atoms with E-state index in [0.29, 0.717) is 0 Å². The number of nitrogen functional groups attached to an aromatic ring is 1. The highest BCUT2D eigenvalue weighted by Gasteiger charge is 2.19. The monoisotopic (exact) mass is 206 g/mol. The first-order chi connectivity index (χ1) is 7.34. The number of benzene rings is 1. The van der Waals surface area contributed by atoms with E-state index < -0.39 is 0 Å². The van der Waals surface area contributed by atoms with Crippen molar-refractivity contribution in [2.75, 3.05) is 18.9 Å². The molecule has 0 bridgehead atoms. The first-order valence-electron chi connectivity index (χ1n) is 5.56. The number of nitrogens with two attached hydrogens (primary N) is 1. The molecular formula is C12H18N2O. The summed E-state index contributed by atoms with van der Waals surface area (Å²) >= 11 is 0. The lowest BCUT2D eigenvalue weighted by molar-refractivity contribution is 0.308. The fourth-order valence-corrected chi connectivity index (χ4v) is 1.46. The molecule has 1 fully saturated rings.